The first-order valence-electron chi connectivity index (χ1n) is 8.76. The Morgan fingerprint density at radius 3 is 1.97 bits per heavy atom. The van der Waals surface area contributed by atoms with Crippen LogP contribution in [0.25, 0.3) is 17.1 Å². The summed E-state index contributed by atoms with van der Waals surface area (Å²) in [5, 5.41) is 0.569. The highest BCUT2D eigenvalue weighted by Crippen LogP contribution is 2.27. The number of aromatic nitrogens is 2. The van der Waals surface area contributed by atoms with E-state index in [0.29, 0.717) is 16.4 Å². The zero-order valence-electron chi connectivity index (χ0n) is 16.7. The van der Waals surface area contributed by atoms with Gasteiger partial charge in [-0.2, -0.15) is 0 Å². The van der Waals surface area contributed by atoms with Crippen molar-refractivity contribution < 1.29 is 0 Å². The molecule has 0 saturated heterocycles. The van der Waals surface area contributed by atoms with Crippen molar-refractivity contribution in [1.82, 2.24) is 9.55 Å². The van der Waals surface area contributed by atoms with Crippen LogP contribution < -0.4 is 11.3 Å². The Hall–Kier alpha value is -2.16. The van der Waals surface area contributed by atoms with Gasteiger partial charge in [0.25, 0.3) is 5.56 Å². The van der Waals surface area contributed by atoms with E-state index in [2.05, 4.69) is 4.99 Å². The maximum atomic E-state index is 13.6. The summed E-state index contributed by atoms with van der Waals surface area (Å²) in [6.45, 7) is 0. The van der Waals surface area contributed by atoms with Crippen LogP contribution in [0.3, 0.4) is 0 Å². The largest absolute Gasteiger partial charge is 0.383 e. The van der Waals surface area contributed by atoms with E-state index in [9.17, 15) is 4.79 Å². The molecule has 3 aromatic rings. The minimum absolute atomic E-state index is 0.186. The van der Waals surface area contributed by atoms with Crippen molar-refractivity contribution in [3.63, 3.8) is 0 Å². The number of benzene rings is 2. The summed E-state index contributed by atoms with van der Waals surface area (Å²) in [5.41, 5.74) is 7.77. The van der Waals surface area contributed by atoms with Gasteiger partial charge in [-0.05, 0) is 55.2 Å². The van der Waals surface area contributed by atoms with Crippen molar-refractivity contribution in [2.75, 3.05) is 25.8 Å². The van der Waals surface area contributed by atoms with Crippen LogP contribution in [-0.2, 0) is 0 Å². The van der Waals surface area contributed by atoms with E-state index in [1.54, 1.807) is 35.1 Å². The summed E-state index contributed by atoms with van der Waals surface area (Å²) in [6.07, 6.45) is 5.93. The van der Waals surface area contributed by atoms with Gasteiger partial charge in [0.1, 0.15) is 22.2 Å². The molecule has 0 fully saturated rings. The molecule has 0 aliphatic carbocycles. The highest BCUT2D eigenvalue weighted by molar-refractivity contribution is 7.99. The summed E-state index contributed by atoms with van der Waals surface area (Å²) < 4.78 is 1.62. The van der Waals surface area contributed by atoms with Gasteiger partial charge in [-0.1, -0.05) is 12.1 Å². The van der Waals surface area contributed by atoms with Crippen LogP contribution in [0.1, 0.15) is 5.56 Å². The van der Waals surface area contributed by atoms with Gasteiger partial charge in [0.05, 0.1) is 5.69 Å². The molecule has 0 bridgehead atoms. The monoisotopic (exact) mass is 442 g/mol. The molecule has 3 rings (SSSR count). The van der Waals surface area contributed by atoms with Crippen LogP contribution in [0.4, 0.5) is 0 Å². The number of amidine groups is 1. The molecular formula is C21H22N4OS3. The van der Waals surface area contributed by atoms with Crippen molar-refractivity contribution in [1.29, 1.82) is 0 Å². The molecule has 1 aromatic heterocycles. The van der Waals surface area contributed by atoms with Gasteiger partial charge in [0.15, 0.2) is 0 Å². The maximum Gasteiger partial charge on any atom is 0.270 e. The molecule has 0 atom stereocenters. The van der Waals surface area contributed by atoms with E-state index in [-0.39, 0.29) is 11.4 Å². The van der Waals surface area contributed by atoms with Gasteiger partial charge >= 0.3 is 0 Å². The lowest BCUT2D eigenvalue weighted by atomic mass is 10.1. The van der Waals surface area contributed by atoms with Crippen molar-refractivity contribution in [2.24, 2.45) is 10.7 Å². The maximum absolute atomic E-state index is 13.6. The molecule has 2 N–H and O–H groups in total. The van der Waals surface area contributed by atoms with Crippen molar-refractivity contribution in [3.8, 4) is 17.1 Å². The van der Waals surface area contributed by atoms with E-state index in [1.807, 2.05) is 67.3 Å². The topological polar surface area (TPSA) is 73.3 Å². The first kappa shape index (κ1) is 21.5. The molecule has 0 saturated carbocycles. The molecule has 8 heteroatoms. The van der Waals surface area contributed by atoms with Crippen LogP contribution in [-0.4, -0.2) is 41.2 Å². The quantitative estimate of drug-likeness (QED) is 0.264. The molecule has 0 radical (unpaired) electrons. The van der Waals surface area contributed by atoms with E-state index in [0.717, 1.165) is 21.0 Å². The third kappa shape index (κ3) is 4.39. The third-order valence-corrected chi connectivity index (χ3v) is 6.59. The molecule has 0 aliphatic heterocycles. The first-order chi connectivity index (χ1) is 14.0. The van der Waals surface area contributed by atoms with Crippen LogP contribution in [0.2, 0.25) is 0 Å². The highest BCUT2D eigenvalue weighted by atomic mass is 32.2. The molecule has 0 spiro atoms. The van der Waals surface area contributed by atoms with E-state index in [1.165, 1.54) is 11.8 Å². The highest BCUT2D eigenvalue weighted by Gasteiger charge is 2.21. The number of rotatable bonds is 6. The second-order valence-corrected chi connectivity index (χ2v) is 8.55. The Morgan fingerprint density at radius 2 is 1.48 bits per heavy atom. The number of thioether (sulfide) groups is 3. The Morgan fingerprint density at radius 1 is 0.931 bits per heavy atom. The Kier molecular flexibility index (Phi) is 7.10. The van der Waals surface area contributed by atoms with Gasteiger partial charge in [-0.3, -0.25) is 14.4 Å². The molecular weight excluding hydrogens is 420 g/mol. The molecule has 5 nitrogen and oxygen atoms in total. The fraction of sp³-hybridized carbons (Fsp3) is 0.190. The lowest BCUT2D eigenvalue weighted by Crippen LogP contribution is -2.32. The van der Waals surface area contributed by atoms with E-state index < -0.39 is 0 Å². The normalized spacial score (nSPS) is 11.7. The summed E-state index contributed by atoms with van der Waals surface area (Å²) in [4.78, 5) is 24.7. The molecule has 29 heavy (non-hydrogen) atoms. The van der Waals surface area contributed by atoms with Gasteiger partial charge in [-0.15, -0.1) is 35.3 Å². The number of aliphatic imine (C=N–C) groups is 1. The summed E-state index contributed by atoms with van der Waals surface area (Å²) >= 11 is 4.71. The second kappa shape index (κ2) is 9.56. The smallest absolute Gasteiger partial charge is 0.270 e. The number of hydrogen-bond donors (Lipinski definition) is 1. The van der Waals surface area contributed by atoms with Gasteiger partial charge < -0.3 is 5.73 Å². The SMILES string of the molecule is CN=C(N)c1c(SC)nc(-c2ccc(SC)cc2)n(-c2ccc(SC)cc2)c1=O. The molecule has 0 aliphatic rings. The lowest BCUT2D eigenvalue weighted by molar-refractivity contribution is 0.894. The molecule has 1 heterocycles. The minimum Gasteiger partial charge on any atom is -0.383 e. The molecule has 2 aromatic carbocycles. The molecule has 150 valence electrons. The Balaban J connectivity index is 2.35. The van der Waals surface area contributed by atoms with Crippen LogP contribution in [0.5, 0.6) is 0 Å². The van der Waals surface area contributed by atoms with E-state index in [4.69, 9.17) is 10.7 Å². The predicted molar refractivity (Wildman–Crippen MR) is 127 cm³/mol. The zero-order chi connectivity index (χ0) is 21.0. The average Bonchev–Trinajstić information content (AvgIpc) is 2.78. The van der Waals surface area contributed by atoms with Gasteiger partial charge in [-0.25, -0.2) is 4.98 Å². The molecule has 0 unspecified atom stereocenters. The second-order valence-electron chi connectivity index (χ2n) is 6.00. The van der Waals surface area contributed by atoms with Crippen molar-refractivity contribution in [2.45, 2.75) is 14.8 Å². The van der Waals surface area contributed by atoms with Crippen LogP contribution in [0, 0.1) is 0 Å². The third-order valence-electron chi connectivity index (χ3n) is 4.42. The van der Waals surface area contributed by atoms with Crippen molar-refractivity contribution in [3.05, 3.63) is 64.4 Å². The lowest BCUT2D eigenvalue weighted by Gasteiger charge is -2.17. The fourth-order valence-electron chi connectivity index (χ4n) is 2.88. The number of nitrogens with two attached hydrogens (primary N) is 1. The van der Waals surface area contributed by atoms with Gasteiger partial charge in [0, 0.05) is 22.4 Å². The fourth-order valence-corrected chi connectivity index (χ4v) is 4.28. The van der Waals surface area contributed by atoms with Crippen LogP contribution in [0.15, 0.2) is 73.1 Å². The molecule has 0 amide bonds. The van der Waals surface area contributed by atoms with Gasteiger partial charge in [0.2, 0.25) is 0 Å². The minimum atomic E-state index is -0.228. The number of hydrogen-bond acceptors (Lipinski definition) is 6. The summed E-state index contributed by atoms with van der Waals surface area (Å²) in [7, 11) is 1.57. The van der Waals surface area contributed by atoms with Crippen LogP contribution >= 0.6 is 35.3 Å². The Labute approximate surface area is 183 Å². The summed E-state index contributed by atoms with van der Waals surface area (Å²) in [6, 6.07) is 15.9. The summed E-state index contributed by atoms with van der Waals surface area (Å²) in [5.74, 6) is 0.766. The predicted octanol–water partition coefficient (Wildman–Crippen LogP) is 4.40. The zero-order valence-corrected chi connectivity index (χ0v) is 19.1. The van der Waals surface area contributed by atoms with Crippen molar-refractivity contribution >= 4 is 41.1 Å². The van der Waals surface area contributed by atoms with E-state index >= 15 is 0 Å². The number of nitrogens with zero attached hydrogens (tertiary/aromatic N) is 3. The Bertz CT molecular complexity index is 1090. The standard InChI is InChI=1S/C21H22N4OS3/c1-23-18(22)17-20(29-4)24-19(13-5-9-15(27-2)10-6-13)25(21(17)26)14-7-11-16(28-3)12-8-14/h5-12H,1-4H3,(H2,22,23). The average molecular weight is 443 g/mol. The first-order valence-corrected chi connectivity index (χ1v) is 12.4.